The van der Waals surface area contributed by atoms with Crippen molar-refractivity contribution in [2.75, 3.05) is 10.6 Å². The Morgan fingerprint density at radius 2 is 0.933 bits per heavy atom. The van der Waals surface area contributed by atoms with E-state index in [0.717, 1.165) is 0 Å². The van der Waals surface area contributed by atoms with Gasteiger partial charge in [0.2, 0.25) is 0 Å². The lowest BCUT2D eigenvalue weighted by atomic mass is 10.0. The molecule has 0 bridgehead atoms. The van der Waals surface area contributed by atoms with Crippen LogP contribution in [0.15, 0.2) is 42.2 Å². The van der Waals surface area contributed by atoms with Gasteiger partial charge in [0.25, 0.3) is 0 Å². The van der Waals surface area contributed by atoms with Gasteiger partial charge >= 0.3 is 24.2 Å². The summed E-state index contributed by atoms with van der Waals surface area (Å²) in [5, 5.41) is 3.39. The standard InChI is InChI=1S/C16H6Br4F6N2O2/c17-5-1-7(11(9(19)3-5)27-13(29)15(21,22)23)8-2-6(18)4-10(20)12(8)28-14(30)16(24,25)26/h1-4H,(H,27,29)(H,28,30). The third-order valence-electron chi connectivity index (χ3n) is 3.39. The molecule has 0 radical (unpaired) electrons. The molecule has 0 heterocycles. The number of benzene rings is 2. The van der Waals surface area contributed by atoms with Crippen molar-refractivity contribution in [2.45, 2.75) is 12.4 Å². The largest absolute Gasteiger partial charge is 0.471 e. The SMILES string of the molecule is O=C(Nc1c(Br)cc(Br)cc1-c1cc(Br)cc(Br)c1NC(=O)C(F)(F)F)C(F)(F)F. The molecule has 0 atom stereocenters. The van der Waals surface area contributed by atoms with Gasteiger partial charge in [-0.25, -0.2) is 0 Å². The number of nitrogens with one attached hydrogen (secondary N) is 2. The maximum absolute atomic E-state index is 12.8. The summed E-state index contributed by atoms with van der Waals surface area (Å²) < 4.78 is 77.2. The average molecular weight is 692 g/mol. The van der Waals surface area contributed by atoms with E-state index in [1.165, 1.54) is 24.3 Å². The maximum atomic E-state index is 12.8. The summed E-state index contributed by atoms with van der Waals surface area (Å²) >= 11 is 12.3. The van der Waals surface area contributed by atoms with Crippen LogP contribution in [0.25, 0.3) is 11.1 Å². The molecule has 0 fully saturated rings. The fraction of sp³-hybridized carbons (Fsp3) is 0.125. The van der Waals surface area contributed by atoms with Gasteiger partial charge < -0.3 is 10.6 Å². The molecule has 2 rings (SSSR count). The van der Waals surface area contributed by atoms with Gasteiger partial charge in [0.05, 0.1) is 11.4 Å². The molecule has 0 aromatic heterocycles. The van der Waals surface area contributed by atoms with E-state index in [1.54, 1.807) is 10.6 Å². The van der Waals surface area contributed by atoms with E-state index in [-0.39, 0.29) is 31.4 Å². The number of rotatable bonds is 3. The van der Waals surface area contributed by atoms with E-state index in [2.05, 4.69) is 63.7 Å². The molecule has 14 heteroatoms. The first kappa shape index (κ1) is 25.1. The lowest BCUT2D eigenvalue weighted by Gasteiger charge is -2.19. The zero-order valence-corrected chi connectivity index (χ0v) is 20.2. The molecule has 4 nitrogen and oxygen atoms in total. The van der Waals surface area contributed by atoms with Crippen molar-refractivity contribution in [3.63, 3.8) is 0 Å². The second-order valence-electron chi connectivity index (χ2n) is 5.52. The van der Waals surface area contributed by atoms with Crippen molar-refractivity contribution >= 4 is 86.9 Å². The Labute approximate surface area is 198 Å². The van der Waals surface area contributed by atoms with Crippen molar-refractivity contribution in [3.05, 3.63) is 42.2 Å². The molecule has 30 heavy (non-hydrogen) atoms. The Kier molecular flexibility index (Phi) is 7.68. The van der Waals surface area contributed by atoms with Crippen molar-refractivity contribution in [3.8, 4) is 11.1 Å². The molecule has 0 aliphatic carbocycles. The Balaban J connectivity index is 2.74. The summed E-state index contributed by atoms with van der Waals surface area (Å²) in [5.74, 6) is -4.58. The summed E-state index contributed by atoms with van der Waals surface area (Å²) in [6, 6.07) is 5.20. The van der Waals surface area contributed by atoms with Gasteiger partial charge in [-0.2, -0.15) is 26.3 Å². The highest BCUT2D eigenvalue weighted by atomic mass is 79.9. The Morgan fingerprint density at radius 3 is 1.20 bits per heavy atom. The van der Waals surface area contributed by atoms with Crippen molar-refractivity contribution in [1.82, 2.24) is 0 Å². The Morgan fingerprint density at radius 1 is 0.633 bits per heavy atom. The van der Waals surface area contributed by atoms with Crippen molar-refractivity contribution < 1.29 is 35.9 Å². The molecule has 2 amide bonds. The number of carbonyl (C=O) groups is 2. The smallest absolute Gasteiger partial charge is 0.317 e. The number of hydrogen-bond acceptors (Lipinski definition) is 2. The summed E-state index contributed by atoms with van der Waals surface area (Å²) in [6.07, 6.45) is -10.4. The number of halogens is 10. The lowest BCUT2D eigenvalue weighted by molar-refractivity contribution is -0.167. The zero-order valence-electron chi connectivity index (χ0n) is 13.9. The van der Waals surface area contributed by atoms with Gasteiger partial charge in [-0.15, -0.1) is 0 Å². The fourth-order valence-corrected chi connectivity index (χ4v) is 4.84. The molecule has 2 aromatic carbocycles. The monoisotopic (exact) mass is 688 g/mol. The minimum atomic E-state index is -5.21. The number of amides is 2. The van der Waals surface area contributed by atoms with E-state index in [9.17, 15) is 35.9 Å². The summed E-state index contributed by atoms with van der Waals surface area (Å²) in [4.78, 5) is 23.0. The topological polar surface area (TPSA) is 58.2 Å². The quantitative estimate of drug-likeness (QED) is 0.330. The minimum absolute atomic E-state index is 0.00803. The van der Waals surface area contributed by atoms with Gasteiger partial charge in [-0.3, -0.25) is 9.59 Å². The van der Waals surface area contributed by atoms with E-state index in [4.69, 9.17) is 0 Å². The first-order valence-corrected chi connectivity index (χ1v) is 10.5. The molecular weight excluding hydrogens is 686 g/mol. The second kappa shape index (κ2) is 9.17. The van der Waals surface area contributed by atoms with Gasteiger partial charge in [0.1, 0.15) is 0 Å². The molecule has 0 spiro atoms. The van der Waals surface area contributed by atoms with Gasteiger partial charge in [-0.1, -0.05) is 31.9 Å². The molecule has 0 aliphatic heterocycles. The third kappa shape index (κ3) is 5.98. The second-order valence-corrected chi connectivity index (χ2v) is 9.06. The minimum Gasteiger partial charge on any atom is -0.317 e. The molecule has 0 aliphatic rings. The fourth-order valence-electron chi connectivity index (χ4n) is 2.19. The van der Waals surface area contributed by atoms with Crippen LogP contribution in [0.3, 0.4) is 0 Å². The highest BCUT2D eigenvalue weighted by molar-refractivity contribution is 9.11. The van der Waals surface area contributed by atoms with E-state index in [0.29, 0.717) is 8.95 Å². The number of carbonyl (C=O) groups excluding carboxylic acids is 2. The van der Waals surface area contributed by atoms with Gasteiger partial charge in [0.15, 0.2) is 0 Å². The summed E-state index contributed by atoms with van der Waals surface area (Å²) in [5.41, 5.74) is -0.942. The molecule has 2 N–H and O–H groups in total. The molecule has 0 saturated carbocycles. The van der Waals surface area contributed by atoms with Crippen molar-refractivity contribution in [1.29, 1.82) is 0 Å². The maximum Gasteiger partial charge on any atom is 0.471 e. The molecular formula is C16H6Br4F6N2O2. The Hall–Kier alpha value is -1.12. The summed E-state index contributed by atoms with van der Waals surface area (Å²) in [7, 11) is 0. The van der Waals surface area contributed by atoms with Gasteiger partial charge in [-0.05, 0) is 56.1 Å². The Bertz CT molecular complexity index is 943. The molecule has 0 unspecified atom stereocenters. The summed E-state index contributed by atoms with van der Waals surface area (Å²) in [6.45, 7) is 0. The number of alkyl halides is 6. The van der Waals surface area contributed by atoms with Crippen LogP contribution in [0.5, 0.6) is 0 Å². The predicted molar refractivity (Wildman–Crippen MR) is 112 cm³/mol. The van der Waals surface area contributed by atoms with Crippen LogP contribution in [0.2, 0.25) is 0 Å². The van der Waals surface area contributed by atoms with Crippen LogP contribution in [-0.4, -0.2) is 24.2 Å². The van der Waals surface area contributed by atoms with Gasteiger partial charge in [0, 0.05) is 29.0 Å². The van der Waals surface area contributed by atoms with Crippen LogP contribution in [0, 0.1) is 0 Å². The highest BCUT2D eigenvalue weighted by Crippen LogP contribution is 2.44. The first-order chi connectivity index (χ1) is 13.6. The van der Waals surface area contributed by atoms with E-state index in [1.807, 2.05) is 0 Å². The van der Waals surface area contributed by atoms with Crippen LogP contribution in [0.4, 0.5) is 37.7 Å². The predicted octanol–water partition coefficient (Wildman–Crippen LogP) is 7.41. The average Bonchev–Trinajstić information content (AvgIpc) is 2.57. The van der Waals surface area contributed by atoms with Crippen LogP contribution in [-0.2, 0) is 9.59 Å². The van der Waals surface area contributed by atoms with Crippen molar-refractivity contribution in [2.24, 2.45) is 0 Å². The molecule has 2 aromatic rings. The molecule has 0 saturated heterocycles. The highest BCUT2D eigenvalue weighted by Gasteiger charge is 2.41. The van der Waals surface area contributed by atoms with Crippen LogP contribution in [0.1, 0.15) is 0 Å². The number of hydrogen-bond donors (Lipinski definition) is 2. The first-order valence-electron chi connectivity index (χ1n) is 7.36. The normalized spacial score (nSPS) is 11.9. The molecule has 162 valence electrons. The van der Waals surface area contributed by atoms with E-state index < -0.39 is 24.2 Å². The number of anilines is 2. The zero-order chi connectivity index (χ0) is 23.0. The van der Waals surface area contributed by atoms with Crippen LogP contribution < -0.4 is 10.6 Å². The lowest BCUT2D eigenvalue weighted by Crippen LogP contribution is -2.31. The third-order valence-corrected chi connectivity index (χ3v) is 5.56. The van der Waals surface area contributed by atoms with E-state index >= 15 is 0 Å². The van der Waals surface area contributed by atoms with Crippen LogP contribution >= 0.6 is 63.7 Å².